The van der Waals surface area contributed by atoms with Crippen molar-refractivity contribution >= 4 is 65.8 Å². The van der Waals surface area contributed by atoms with Crippen molar-refractivity contribution in [3.8, 4) is 0 Å². The van der Waals surface area contributed by atoms with Crippen molar-refractivity contribution in [2.24, 2.45) is 0 Å². The Morgan fingerprint density at radius 3 is 0.867 bits per heavy atom. The molecule has 2 aromatic heterocycles. The molecule has 0 aliphatic rings. The lowest BCUT2D eigenvalue weighted by Crippen LogP contribution is -1.85. The van der Waals surface area contributed by atoms with Gasteiger partial charge in [0.05, 0.1) is 0 Å². The number of thiophene rings is 2. The fraction of sp³-hybridized carbons (Fsp3) is 0. The van der Waals surface area contributed by atoms with Crippen LogP contribution in [-0.2, 0) is 0 Å². The number of benzene rings is 5. The second kappa shape index (κ2) is 8.66. The van der Waals surface area contributed by atoms with Crippen molar-refractivity contribution in [2.45, 2.75) is 0 Å². The first-order valence-corrected chi connectivity index (χ1v) is 11.8. The first-order valence-electron chi connectivity index (χ1n) is 9.92. The third-order valence-corrected chi connectivity index (χ3v) is 6.50. The molecule has 0 radical (unpaired) electrons. The fourth-order valence-corrected chi connectivity index (χ4v) is 4.94. The van der Waals surface area contributed by atoms with E-state index in [4.69, 9.17) is 0 Å². The van der Waals surface area contributed by atoms with Gasteiger partial charge in [-0.3, -0.25) is 0 Å². The molecule has 5 aromatic carbocycles. The molecule has 2 heterocycles. The minimum absolute atomic E-state index is 1.33. The molecule has 0 aliphatic carbocycles. The van der Waals surface area contributed by atoms with Crippen molar-refractivity contribution in [1.29, 1.82) is 0 Å². The van der Waals surface area contributed by atoms with Crippen LogP contribution in [0.25, 0.3) is 43.1 Å². The highest BCUT2D eigenvalue weighted by atomic mass is 32.1. The fourth-order valence-electron chi connectivity index (χ4n) is 4.03. The van der Waals surface area contributed by atoms with Gasteiger partial charge in [0.2, 0.25) is 0 Å². The molecule has 7 rings (SSSR count). The molecule has 0 unspecified atom stereocenters. The molecule has 2 heteroatoms. The molecule has 0 fully saturated rings. The van der Waals surface area contributed by atoms with Gasteiger partial charge in [-0.25, -0.2) is 0 Å². The quantitative estimate of drug-likeness (QED) is 0.169. The smallest absolute Gasteiger partial charge is 0.00264 e. The van der Waals surface area contributed by atoms with Crippen LogP contribution in [0.4, 0.5) is 0 Å². The Morgan fingerprint density at radius 1 is 0.333 bits per heavy atom. The number of rotatable bonds is 0. The second-order valence-corrected chi connectivity index (χ2v) is 8.64. The molecule has 0 atom stereocenters. The lowest BCUT2D eigenvalue weighted by molar-refractivity contribution is 1.78. The van der Waals surface area contributed by atoms with Gasteiger partial charge in [-0.15, -0.1) is 0 Å². The third-order valence-electron chi connectivity index (χ3n) is 5.24. The topological polar surface area (TPSA) is 0 Å². The average molecular weight is 421 g/mol. The lowest BCUT2D eigenvalue weighted by Gasteiger charge is -2.13. The summed E-state index contributed by atoms with van der Waals surface area (Å²) >= 11 is 3.43. The first kappa shape index (κ1) is 18.8. The molecule has 0 saturated heterocycles. The largest absolute Gasteiger partial charge is 0.152 e. The van der Waals surface area contributed by atoms with Crippen molar-refractivity contribution in [2.75, 3.05) is 0 Å². The summed E-state index contributed by atoms with van der Waals surface area (Å²) < 4.78 is 0. The van der Waals surface area contributed by atoms with Crippen LogP contribution in [0.3, 0.4) is 0 Å². The summed E-state index contributed by atoms with van der Waals surface area (Å²) in [6.45, 7) is 0. The Balaban J connectivity index is 0.000000159. The highest BCUT2D eigenvalue weighted by Gasteiger charge is 2.11. The summed E-state index contributed by atoms with van der Waals surface area (Å²) in [4.78, 5) is 0. The molecule has 30 heavy (non-hydrogen) atoms. The Bertz CT molecular complexity index is 1250. The predicted molar refractivity (Wildman–Crippen MR) is 136 cm³/mol. The third kappa shape index (κ3) is 3.56. The molecule has 0 saturated carbocycles. The van der Waals surface area contributed by atoms with E-state index in [-0.39, 0.29) is 0 Å². The highest BCUT2D eigenvalue weighted by molar-refractivity contribution is 7.08. The second-order valence-electron chi connectivity index (χ2n) is 7.00. The summed E-state index contributed by atoms with van der Waals surface area (Å²) in [5.41, 5.74) is 0. The average Bonchev–Trinajstić information content (AvgIpc) is 3.57. The molecular weight excluding hydrogens is 400 g/mol. The Labute approximate surface area is 184 Å². The van der Waals surface area contributed by atoms with Gasteiger partial charge in [0, 0.05) is 0 Å². The van der Waals surface area contributed by atoms with Crippen LogP contribution in [0, 0.1) is 0 Å². The van der Waals surface area contributed by atoms with Crippen molar-refractivity contribution in [1.82, 2.24) is 0 Å². The normalized spacial score (nSPS) is 10.7. The Kier molecular flexibility index (Phi) is 5.43. The van der Waals surface area contributed by atoms with Gasteiger partial charge in [0.15, 0.2) is 0 Å². The molecular formula is C28H20S2. The van der Waals surface area contributed by atoms with Crippen LogP contribution < -0.4 is 0 Å². The summed E-state index contributed by atoms with van der Waals surface area (Å²) in [7, 11) is 0. The first-order chi connectivity index (χ1) is 14.9. The molecule has 0 amide bonds. The van der Waals surface area contributed by atoms with Gasteiger partial charge in [0.25, 0.3) is 0 Å². The zero-order valence-corrected chi connectivity index (χ0v) is 18.0. The zero-order valence-electron chi connectivity index (χ0n) is 16.4. The zero-order chi connectivity index (χ0) is 20.2. The van der Waals surface area contributed by atoms with Crippen molar-refractivity contribution in [3.63, 3.8) is 0 Å². The maximum atomic E-state index is 2.25. The van der Waals surface area contributed by atoms with Crippen molar-refractivity contribution in [3.05, 3.63) is 119 Å². The minimum Gasteiger partial charge on any atom is -0.152 e. The van der Waals surface area contributed by atoms with Crippen LogP contribution in [0.2, 0.25) is 0 Å². The Hall–Kier alpha value is -3.20. The molecule has 144 valence electrons. The number of hydrogen-bond donors (Lipinski definition) is 0. The van der Waals surface area contributed by atoms with Crippen molar-refractivity contribution < 1.29 is 0 Å². The van der Waals surface area contributed by atoms with Crippen LogP contribution in [0.15, 0.2) is 119 Å². The minimum atomic E-state index is 1.33. The van der Waals surface area contributed by atoms with Gasteiger partial charge in [0.1, 0.15) is 0 Å². The van der Waals surface area contributed by atoms with Crippen LogP contribution in [0.1, 0.15) is 0 Å². The molecule has 0 spiro atoms. The maximum Gasteiger partial charge on any atom is -0.00264 e. The van der Waals surface area contributed by atoms with Crippen LogP contribution >= 0.6 is 22.7 Å². The standard InChI is InChI=1S/C20H12.2C4H4S/c1-5-13-6-2-11-17-18-12-4-8-14-7-3-10-16(20(14)18)15(9-1)19(13)17;2*1-2-4-5-3-1/h1-12H;2*1-4H. The Morgan fingerprint density at radius 2 is 0.633 bits per heavy atom. The number of fused-ring (bicyclic) bond motifs is 2. The van der Waals surface area contributed by atoms with E-state index < -0.39 is 0 Å². The molecule has 0 N–H and O–H groups in total. The molecule has 0 bridgehead atoms. The predicted octanol–water partition coefficient (Wildman–Crippen LogP) is 9.23. The van der Waals surface area contributed by atoms with E-state index in [1.54, 1.807) is 22.7 Å². The van der Waals surface area contributed by atoms with E-state index in [1.165, 1.54) is 43.1 Å². The van der Waals surface area contributed by atoms with Gasteiger partial charge in [-0.2, -0.15) is 22.7 Å². The monoisotopic (exact) mass is 420 g/mol. The number of hydrogen-bond acceptors (Lipinski definition) is 2. The van der Waals surface area contributed by atoms with Gasteiger partial charge < -0.3 is 0 Å². The highest BCUT2D eigenvalue weighted by Crippen LogP contribution is 2.39. The van der Waals surface area contributed by atoms with Crippen LogP contribution in [-0.4, -0.2) is 0 Å². The van der Waals surface area contributed by atoms with E-state index in [9.17, 15) is 0 Å². The van der Waals surface area contributed by atoms with E-state index in [0.717, 1.165) is 0 Å². The van der Waals surface area contributed by atoms with Gasteiger partial charge in [-0.05, 0) is 64.6 Å². The summed E-state index contributed by atoms with van der Waals surface area (Å²) in [6, 6.07) is 34.5. The SMILES string of the molecule is c1cc2cccc3c4cccc5cccc(c(c1)c23)c54.c1ccsc1.c1ccsc1. The summed E-state index contributed by atoms with van der Waals surface area (Å²) in [6.07, 6.45) is 0. The van der Waals surface area contributed by atoms with Crippen LogP contribution in [0.5, 0.6) is 0 Å². The summed E-state index contributed by atoms with van der Waals surface area (Å²) in [5, 5.41) is 19.1. The molecule has 0 aliphatic heterocycles. The van der Waals surface area contributed by atoms with Gasteiger partial charge in [-0.1, -0.05) is 97.1 Å². The van der Waals surface area contributed by atoms with E-state index in [2.05, 4.69) is 72.8 Å². The lowest BCUT2D eigenvalue weighted by atomic mass is 9.90. The molecule has 0 nitrogen and oxygen atoms in total. The maximum absolute atomic E-state index is 2.25. The van der Waals surface area contributed by atoms with E-state index in [1.807, 2.05) is 45.8 Å². The van der Waals surface area contributed by atoms with Gasteiger partial charge >= 0.3 is 0 Å². The molecule has 7 aromatic rings. The van der Waals surface area contributed by atoms with E-state index >= 15 is 0 Å². The summed E-state index contributed by atoms with van der Waals surface area (Å²) in [5.74, 6) is 0. The van der Waals surface area contributed by atoms with E-state index in [0.29, 0.717) is 0 Å².